The number of nitrogens with zero attached hydrogens (tertiary/aromatic N) is 2. The number of hydrogen-bond donors (Lipinski definition) is 1. The SMILES string of the molecule is Cc1c(Cl)cccc1NC(=O)c1ccn(COc2ccc(Cl)cc2Cl)n1. The molecule has 1 aromatic heterocycles. The molecule has 134 valence electrons. The van der Waals surface area contributed by atoms with Gasteiger partial charge in [0.05, 0.1) is 5.02 Å². The lowest BCUT2D eigenvalue weighted by molar-refractivity contribution is 0.102. The molecule has 0 bridgehead atoms. The van der Waals surface area contributed by atoms with E-state index < -0.39 is 0 Å². The van der Waals surface area contributed by atoms with Gasteiger partial charge in [0.2, 0.25) is 0 Å². The van der Waals surface area contributed by atoms with Gasteiger partial charge in [-0.05, 0) is 48.9 Å². The highest BCUT2D eigenvalue weighted by molar-refractivity contribution is 6.35. The number of halogens is 3. The van der Waals surface area contributed by atoms with E-state index in [9.17, 15) is 4.79 Å². The van der Waals surface area contributed by atoms with Crippen molar-refractivity contribution in [3.8, 4) is 5.75 Å². The highest BCUT2D eigenvalue weighted by atomic mass is 35.5. The molecule has 0 aliphatic rings. The second-order valence-electron chi connectivity index (χ2n) is 5.46. The lowest BCUT2D eigenvalue weighted by Crippen LogP contribution is -2.15. The molecule has 0 unspecified atom stereocenters. The predicted octanol–water partition coefficient (Wildman–Crippen LogP) is 5.44. The van der Waals surface area contributed by atoms with Gasteiger partial charge in [-0.25, -0.2) is 4.68 Å². The number of benzene rings is 2. The topological polar surface area (TPSA) is 56.2 Å². The molecule has 0 spiro atoms. The Bertz CT molecular complexity index is 957. The van der Waals surface area contributed by atoms with Crippen LogP contribution in [0, 0.1) is 6.92 Å². The zero-order chi connectivity index (χ0) is 18.7. The molecule has 0 aliphatic heterocycles. The second kappa shape index (κ2) is 7.99. The average molecular weight is 411 g/mol. The summed E-state index contributed by atoms with van der Waals surface area (Å²) in [6, 6.07) is 11.9. The van der Waals surface area contributed by atoms with Gasteiger partial charge in [-0.3, -0.25) is 4.79 Å². The number of nitrogens with one attached hydrogen (secondary N) is 1. The predicted molar refractivity (Wildman–Crippen MR) is 103 cm³/mol. The Labute approximate surface area is 165 Å². The van der Waals surface area contributed by atoms with Crippen LogP contribution >= 0.6 is 34.8 Å². The molecule has 26 heavy (non-hydrogen) atoms. The van der Waals surface area contributed by atoms with Crippen LogP contribution in [0.1, 0.15) is 16.1 Å². The Morgan fingerprint density at radius 1 is 1.15 bits per heavy atom. The van der Waals surface area contributed by atoms with Gasteiger partial charge in [-0.15, -0.1) is 0 Å². The summed E-state index contributed by atoms with van der Waals surface area (Å²) in [5.74, 6) is 0.144. The molecule has 2 aromatic carbocycles. The third kappa shape index (κ3) is 4.30. The summed E-state index contributed by atoms with van der Waals surface area (Å²) >= 11 is 18.0. The molecule has 0 atom stereocenters. The first kappa shape index (κ1) is 18.6. The first-order valence-corrected chi connectivity index (χ1v) is 8.75. The van der Waals surface area contributed by atoms with E-state index in [1.807, 2.05) is 6.92 Å². The van der Waals surface area contributed by atoms with Crippen LogP contribution in [0.25, 0.3) is 0 Å². The van der Waals surface area contributed by atoms with Gasteiger partial charge in [0.1, 0.15) is 5.75 Å². The van der Waals surface area contributed by atoms with Crippen LogP contribution in [0.5, 0.6) is 5.75 Å². The number of amides is 1. The fourth-order valence-electron chi connectivity index (χ4n) is 2.21. The van der Waals surface area contributed by atoms with Crippen molar-refractivity contribution in [2.45, 2.75) is 13.7 Å². The molecule has 0 aliphatic carbocycles. The average Bonchev–Trinajstić information content (AvgIpc) is 3.07. The van der Waals surface area contributed by atoms with Crippen molar-refractivity contribution >= 4 is 46.4 Å². The van der Waals surface area contributed by atoms with E-state index in [0.717, 1.165) is 5.56 Å². The molecule has 0 saturated heterocycles. The molecular weight excluding hydrogens is 397 g/mol. The largest absolute Gasteiger partial charge is 0.470 e. The summed E-state index contributed by atoms with van der Waals surface area (Å²) in [6.07, 6.45) is 1.64. The Balaban J connectivity index is 1.65. The quantitative estimate of drug-likeness (QED) is 0.609. The molecule has 1 heterocycles. The molecule has 1 N–H and O–H groups in total. The van der Waals surface area contributed by atoms with E-state index >= 15 is 0 Å². The van der Waals surface area contributed by atoms with E-state index in [0.29, 0.717) is 26.5 Å². The number of rotatable bonds is 5. The maximum absolute atomic E-state index is 12.4. The molecule has 0 radical (unpaired) electrons. The zero-order valence-electron chi connectivity index (χ0n) is 13.7. The summed E-state index contributed by atoms with van der Waals surface area (Å²) in [4.78, 5) is 12.4. The highest BCUT2D eigenvalue weighted by Crippen LogP contribution is 2.27. The van der Waals surface area contributed by atoms with Gasteiger partial charge < -0.3 is 10.1 Å². The zero-order valence-corrected chi connectivity index (χ0v) is 15.9. The minimum absolute atomic E-state index is 0.102. The molecule has 8 heteroatoms. The Morgan fingerprint density at radius 3 is 2.73 bits per heavy atom. The van der Waals surface area contributed by atoms with Crippen LogP contribution in [0.4, 0.5) is 5.69 Å². The number of carbonyl (C=O) groups is 1. The molecule has 0 saturated carbocycles. The van der Waals surface area contributed by atoms with Gasteiger partial charge in [-0.1, -0.05) is 40.9 Å². The molecule has 0 fully saturated rings. The van der Waals surface area contributed by atoms with Crippen molar-refractivity contribution in [2.24, 2.45) is 0 Å². The van der Waals surface area contributed by atoms with Gasteiger partial charge in [0.15, 0.2) is 12.4 Å². The van der Waals surface area contributed by atoms with Gasteiger partial charge >= 0.3 is 0 Å². The summed E-state index contributed by atoms with van der Waals surface area (Å²) in [7, 11) is 0. The number of hydrogen-bond acceptors (Lipinski definition) is 3. The summed E-state index contributed by atoms with van der Waals surface area (Å²) in [5.41, 5.74) is 1.69. The third-order valence-corrected chi connectivity index (χ3v) is 4.58. The van der Waals surface area contributed by atoms with Crippen molar-refractivity contribution in [2.75, 3.05) is 5.32 Å². The van der Waals surface area contributed by atoms with Crippen molar-refractivity contribution in [3.05, 3.63) is 75.0 Å². The van der Waals surface area contributed by atoms with Gasteiger partial charge in [0.25, 0.3) is 5.91 Å². The molecule has 1 amide bonds. The van der Waals surface area contributed by atoms with Gasteiger partial charge in [0, 0.05) is 21.9 Å². The first-order valence-electron chi connectivity index (χ1n) is 7.62. The van der Waals surface area contributed by atoms with E-state index in [4.69, 9.17) is 39.5 Å². The summed E-state index contributed by atoms with van der Waals surface area (Å²) < 4.78 is 7.08. The van der Waals surface area contributed by atoms with Crippen LogP contribution in [0.3, 0.4) is 0 Å². The number of carbonyl (C=O) groups excluding carboxylic acids is 1. The Kier molecular flexibility index (Phi) is 5.71. The van der Waals surface area contributed by atoms with E-state index in [-0.39, 0.29) is 18.3 Å². The molecular formula is C18H14Cl3N3O2. The number of aromatic nitrogens is 2. The Morgan fingerprint density at radius 2 is 1.96 bits per heavy atom. The number of ether oxygens (including phenoxy) is 1. The summed E-state index contributed by atoms with van der Waals surface area (Å²) in [5, 5.41) is 8.50. The molecule has 5 nitrogen and oxygen atoms in total. The fourth-order valence-corrected chi connectivity index (χ4v) is 2.85. The number of anilines is 1. The Hall–Kier alpha value is -2.21. The minimum atomic E-state index is -0.335. The normalized spacial score (nSPS) is 10.6. The van der Waals surface area contributed by atoms with Crippen LogP contribution in [-0.4, -0.2) is 15.7 Å². The van der Waals surface area contributed by atoms with Crippen molar-refractivity contribution in [1.82, 2.24) is 9.78 Å². The van der Waals surface area contributed by atoms with Crippen LogP contribution in [0.2, 0.25) is 15.1 Å². The lowest BCUT2D eigenvalue weighted by Gasteiger charge is -2.09. The maximum atomic E-state index is 12.4. The monoisotopic (exact) mass is 409 g/mol. The standard InChI is InChI=1S/C18H14Cl3N3O2/c1-11-13(20)3-2-4-15(11)22-18(25)16-7-8-24(23-16)10-26-17-6-5-12(19)9-14(17)21/h2-9H,10H2,1H3,(H,22,25). The summed E-state index contributed by atoms with van der Waals surface area (Å²) in [6.45, 7) is 1.94. The lowest BCUT2D eigenvalue weighted by atomic mass is 10.2. The highest BCUT2D eigenvalue weighted by Gasteiger charge is 2.12. The second-order valence-corrected chi connectivity index (χ2v) is 6.71. The minimum Gasteiger partial charge on any atom is -0.470 e. The van der Waals surface area contributed by atoms with E-state index in [1.165, 1.54) is 4.68 Å². The van der Waals surface area contributed by atoms with Gasteiger partial charge in [-0.2, -0.15) is 5.10 Å². The maximum Gasteiger partial charge on any atom is 0.276 e. The molecule has 3 rings (SSSR count). The smallest absolute Gasteiger partial charge is 0.276 e. The van der Waals surface area contributed by atoms with Crippen LogP contribution < -0.4 is 10.1 Å². The fraction of sp³-hybridized carbons (Fsp3) is 0.111. The molecule has 3 aromatic rings. The van der Waals surface area contributed by atoms with Crippen LogP contribution in [-0.2, 0) is 6.73 Å². The van der Waals surface area contributed by atoms with Crippen LogP contribution in [0.15, 0.2) is 48.7 Å². The van der Waals surface area contributed by atoms with Crippen molar-refractivity contribution in [3.63, 3.8) is 0 Å². The first-order chi connectivity index (χ1) is 12.4. The van der Waals surface area contributed by atoms with E-state index in [1.54, 1.807) is 48.7 Å². The van der Waals surface area contributed by atoms with Crippen molar-refractivity contribution in [1.29, 1.82) is 0 Å². The third-order valence-electron chi connectivity index (χ3n) is 3.64. The van der Waals surface area contributed by atoms with E-state index in [2.05, 4.69) is 10.4 Å². The van der Waals surface area contributed by atoms with Crippen molar-refractivity contribution < 1.29 is 9.53 Å².